The van der Waals surface area contributed by atoms with Crippen molar-refractivity contribution in [3.63, 3.8) is 0 Å². The number of hydrogen-bond donors (Lipinski definition) is 1. The Bertz CT molecular complexity index is 518. The van der Waals surface area contributed by atoms with Crippen LogP contribution in [0, 0.1) is 0 Å². The molecule has 5 nitrogen and oxygen atoms in total. The van der Waals surface area contributed by atoms with Crippen LogP contribution >= 0.6 is 23.4 Å². The Morgan fingerprint density at radius 1 is 1.42 bits per heavy atom. The highest BCUT2D eigenvalue weighted by atomic mass is 35.5. The number of rotatable bonds is 5. The van der Waals surface area contributed by atoms with E-state index in [1.54, 1.807) is 6.07 Å². The molecule has 19 heavy (non-hydrogen) atoms. The molecular weight excluding hydrogens is 306 g/mol. The van der Waals surface area contributed by atoms with Gasteiger partial charge in [0.2, 0.25) is 10.0 Å². The fourth-order valence-electron chi connectivity index (χ4n) is 1.81. The molecule has 0 radical (unpaired) electrons. The summed E-state index contributed by atoms with van der Waals surface area (Å²) < 4.78 is 26.6. The standard InChI is InChI=1S/C11H16ClN3O2S2/c12-11-10(2-1-3-13-11)19(16,17)14-4-5-15-6-8-18-9-7-15/h1-3,14H,4-9H2. The Balaban J connectivity index is 1.89. The van der Waals surface area contributed by atoms with Gasteiger partial charge in [-0.3, -0.25) is 0 Å². The number of nitrogens with one attached hydrogen (secondary N) is 1. The molecule has 0 unspecified atom stereocenters. The number of halogens is 1. The number of aromatic nitrogens is 1. The SMILES string of the molecule is O=S(=O)(NCCN1CCSCC1)c1cccnc1Cl. The van der Waals surface area contributed by atoms with Crippen LogP contribution in [0.15, 0.2) is 23.2 Å². The third kappa shape index (κ3) is 4.32. The highest BCUT2D eigenvalue weighted by Gasteiger charge is 2.18. The van der Waals surface area contributed by atoms with E-state index < -0.39 is 10.0 Å². The molecule has 8 heteroatoms. The number of thioether (sulfide) groups is 1. The molecule has 2 heterocycles. The van der Waals surface area contributed by atoms with Gasteiger partial charge in [-0.2, -0.15) is 11.8 Å². The van der Waals surface area contributed by atoms with Crippen LogP contribution in [0.4, 0.5) is 0 Å². The van der Waals surface area contributed by atoms with Gasteiger partial charge in [0, 0.05) is 43.9 Å². The largest absolute Gasteiger partial charge is 0.300 e. The predicted molar refractivity (Wildman–Crippen MR) is 78.2 cm³/mol. The van der Waals surface area contributed by atoms with E-state index >= 15 is 0 Å². The van der Waals surface area contributed by atoms with E-state index in [-0.39, 0.29) is 10.0 Å². The monoisotopic (exact) mass is 321 g/mol. The normalized spacial score (nSPS) is 17.5. The molecule has 1 aliphatic heterocycles. The average molecular weight is 322 g/mol. The number of pyridine rings is 1. The molecule has 0 spiro atoms. The molecule has 0 atom stereocenters. The van der Waals surface area contributed by atoms with Gasteiger partial charge in [-0.1, -0.05) is 11.6 Å². The van der Waals surface area contributed by atoms with Crippen LogP contribution in [0.25, 0.3) is 0 Å². The van der Waals surface area contributed by atoms with E-state index in [4.69, 9.17) is 11.6 Å². The van der Waals surface area contributed by atoms with Crippen molar-refractivity contribution in [3.8, 4) is 0 Å². The topological polar surface area (TPSA) is 62.3 Å². The van der Waals surface area contributed by atoms with E-state index in [9.17, 15) is 8.42 Å². The van der Waals surface area contributed by atoms with Crippen molar-refractivity contribution in [2.45, 2.75) is 4.90 Å². The lowest BCUT2D eigenvalue weighted by atomic mass is 10.5. The van der Waals surface area contributed by atoms with Crippen LogP contribution in [-0.2, 0) is 10.0 Å². The van der Waals surface area contributed by atoms with Gasteiger partial charge in [-0.05, 0) is 12.1 Å². The van der Waals surface area contributed by atoms with Crippen LogP contribution in [-0.4, -0.2) is 56.0 Å². The summed E-state index contributed by atoms with van der Waals surface area (Å²) in [5.41, 5.74) is 0. The second-order valence-corrected chi connectivity index (χ2v) is 7.46. The smallest absolute Gasteiger partial charge is 0.243 e. The third-order valence-electron chi connectivity index (χ3n) is 2.84. The minimum absolute atomic E-state index is 0.00405. The van der Waals surface area contributed by atoms with E-state index in [0.717, 1.165) is 31.1 Å². The van der Waals surface area contributed by atoms with Crippen molar-refractivity contribution in [1.29, 1.82) is 0 Å². The van der Waals surface area contributed by atoms with Gasteiger partial charge in [-0.25, -0.2) is 18.1 Å². The van der Waals surface area contributed by atoms with Gasteiger partial charge in [0.1, 0.15) is 10.0 Å². The molecule has 1 fully saturated rings. The fourth-order valence-corrected chi connectivity index (χ4v) is 4.26. The van der Waals surface area contributed by atoms with E-state index in [2.05, 4.69) is 14.6 Å². The van der Waals surface area contributed by atoms with E-state index in [1.165, 1.54) is 12.3 Å². The molecule has 2 rings (SSSR count). The quantitative estimate of drug-likeness (QED) is 0.822. The van der Waals surface area contributed by atoms with Gasteiger partial charge < -0.3 is 4.90 Å². The maximum atomic E-state index is 12.0. The molecule has 1 N–H and O–H groups in total. The van der Waals surface area contributed by atoms with Crippen LogP contribution in [0.3, 0.4) is 0 Å². The molecule has 0 bridgehead atoms. The van der Waals surface area contributed by atoms with Crippen LogP contribution < -0.4 is 4.72 Å². The Morgan fingerprint density at radius 3 is 2.84 bits per heavy atom. The molecule has 0 amide bonds. The van der Waals surface area contributed by atoms with Gasteiger partial charge in [-0.15, -0.1) is 0 Å². The average Bonchev–Trinajstić information content (AvgIpc) is 2.40. The summed E-state index contributed by atoms with van der Waals surface area (Å²) in [6.07, 6.45) is 1.47. The second kappa shape index (κ2) is 6.90. The molecule has 0 aromatic carbocycles. The first-order valence-corrected chi connectivity index (χ1v) is 9.01. The van der Waals surface area contributed by atoms with E-state index in [1.807, 2.05) is 11.8 Å². The second-order valence-electron chi connectivity index (χ2n) is 4.14. The first kappa shape index (κ1) is 15.1. The summed E-state index contributed by atoms with van der Waals surface area (Å²) in [4.78, 5) is 6.06. The lowest BCUT2D eigenvalue weighted by Crippen LogP contribution is -2.39. The van der Waals surface area contributed by atoms with Gasteiger partial charge in [0.25, 0.3) is 0 Å². The summed E-state index contributed by atoms with van der Waals surface area (Å²) in [6.45, 7) is 3.13. The molecule has 1 saturated heterocycles. The Hall–Kier alpha value is -0.340. The molecule has 106 valence electrons. The predicted octanol–water partition coefficient (Wildman–Crippen LogP) is 1.06. The summed E-state index contributed by atoms with van der Waals surface area (Å²) in [6, 6.07) is 3.01. The van der Waals surface area contributed by atoms with E-state index in [0.29, 0.717) is 6.54 Å². The zero-order valence-electron chi connectivity index (χ0n) is 10.4. The zero-order valence-corrected chi connectivity index (χ0v) is 12.8. The Labute approximate surface area is 122 Å². The molecule has 0 aliphatic carbocycles. The first-order valence-electron chi connectivity index (χ1n) is 6.00. The van der Waals surface area contributed by atoms with Crippen molar-refractivity contribution >= 4 is 33.4 Å². The number of sulfonamides is 1. The van der Waals surface area contributed by atoms with Gasteiger partial charge in [0.15, 0.2) is 0 Å². The molecular formula is C11H16ClN3O2S2. The Kier molecular flexibility index (Phi) is 5.47. The van der Waals surface area contributed by atoms with Crippen LogP contribution in [0.2, 0.25) is 5.15 Å². The van der Waals surface area contributed by atoms with Crippen molar-refractivity contribution in [2.24, 2.45) is 0 Å². The minimum atomic E-state index is -3.57. The van der Waals surface area contributed by atoms with Crippen LogP contribution in [0.5, 0.6) is 0 Å². The van der Waals surface area contributed by atoms with Crippen LogP contribution in [0.1, 0.15) is 0 Å². The summed E-state index contributed by atoms with van der Waals surface area (Å²) in [7, 11) is -3.57. The molecule has 1 aliphatic rings. The minimum Gasteiger partial charge on any atom is -0.300 e. The number of hydrogen-bond acceptors (Lipinski definition) is 5. The highest BCUT2D eigenvalue weighted by Crippen LogP contribution is 2.17. The van der Waals surface area contributed by atoms with Crippen molar-refractivity contribution < 1.29 is 8.42 Å². The van der Waals surface area contributed by atoms with Gasteiger partial charge >= 0.3 is 0 Å². The number of nitrogens with zero attached hydrogens (tertiary/aromatic N) is 2. The fraction of sp³-hybridized carbons (Fsp3) is 0.545. The maximum absolute atomic E-state index is 12.0. The summed E-state index contributed by atoms with van der Waals surface area (Å²) in [5, 5.41) is 0.00405. The molecule has 0 saturated carbocycles. The first-order chi connectivity index (χ1) is 9.09. The molecule has 1 aromatic heterocycles. The zero-order chi connectivity index (χ0) is 13.7. The highest BCUT2D eigenvalue weighted by molar-refractivity contribution is 7.99. The third-order valence-corrected chi connectivity index (χ3v) is 5.69. The Morgan fingerprint density at radius 2 is 2.16 bits per heavy atom. The maximum Gasteiger partial charge on any atom is 0.243 e. The van der Waals surface area contributed by atoms with Gasteiger partial charge in [0.05, 0.1) is 0 Å². The van der Waals surface area contributed by atoms with Crippen molar-refractivity contribution in [1.82, 2.24) is 14.6 Å². The lowest BCUT2D eigenvalue weighted by Gasteiger charge is -2.25. The summed E-state index contributed by atoms with van der Waals surface area (Å²) in [5.74, 6) is 2.22. The summed E-state index contributed by atoms with van der Waals surface area (Å²) >= 11 is 7.72. The lowest BCUT2D eigenvalue weighted by molar-refractivity contribution is 0.307. The molecule has 1 aromatic rings. The van der Waals surface area contributed by atoms with Crippen molar-refractivity contribution in [2.75, 3.05) is 37.7 Å². The van der Waals surface area contributed by atoms with Crippen molar-refractivity contribution in [3.05, 3.63) is 23.5 Å².